The summed E-state index contributed by atoms with van der Waals surface area (Å²) in [5.41, 5.74) is 0. The predicted molar refractivity (Wildman–Crippen MR) is 42.0 cm³/mol. The molecule has 0 heterocycles. The SMILES string of the molecule is O=C1CCC(S(=O)(=O)Cl)CC1. The summed E-state index contributed by atoms with van der Waals surface area (Å²) in [5.74, 6) is 0.140. The molecule has 0 aliphatic heterocycles. The number of halogens is 1. The van der Waals surface area contributed by atoms with Crippen LogP contribution in [0, 0.1) is 0 Å². The summed E-state index contributed by atoms with van der Waals surface area (Å²) in [6.45, 7) is 0. The summed E-state index contributed by atoms with van der Waals surface area (Å²) in [7, 11) is 1.69. The van der Waals surface area contributed by atoms with E-state index < -0.39 is 14.3 Å². The second kappa shape index (κ2) is 3.11. The van der Waals surface area contributed by atoms with Crippen LogP contribution in [0.5, 0.6) is 0 Å². The standard InChI is InChI=1S/C6H9ClO3S/c7-11(9,10)6-3-1-5(8)2-4-6/h6H,1-4H2. The van der Waals surface area contributed by atoms with E-state index in [0.717, 1.165) is 0 Å². The van der Waals surface area contributed by atoms with Gasteiger partial charge in [0.2, 0.25) is 9.05 Å². The Hall–Kier alpha value is -0.0900. The zero-order chi connectivity index (χ0) is 8.48. The molecule has 1 aliphatic rings. The van der Waals surface area contributed by atoms with Crippen LogP contribution in [-0.2, 0) is 13.8 Å². The Morgan fingerprint density at radius 2 is 1.73 bits per heavy atom. The van der Waals surface area contributed by atoms with Gasteiger partial charge in [-0.15, -0.1) is 0 Å². The van der Waals surface area contributed by atoms with Crippen LogP contribution < -0.4 is 0 Å². The van der Waals surface area contributed by atoms with Crippen LogP contribution in [0.15, 0.2) is 0 Å². The van der Waals surface area contributed by atoms with Gasteiger partial charge in [0.1, 0.15) is 5.78 Å². The lowest BCUT2D eigenvalue weighted by atomic mass is 9.99. The molecule has 1 fully saturated rings. The van der Waals surface area contributed by atoms with E-state index in [0.29, 0.717) is 25.7 Å². The zero-order valence-electron chi connectivity index (χ0n) is 5.92. The number of carbonyl (C=O) groups is 1. The minimum atomic E-state index is -3.43. The molecule has 0 aromatic heterocycles. The summed E-state index contributed by atoms with van der Waals surface area (Å²) in [6, 6.07) is 0. The van der Waals surface area contributed by atoms with Crippen LogP contribution in [0.2, 0.25) is 0 Å². The van der Waals surface area contributed by atoms with Gasteiger partial charge in [-0.25, -0.2) is 8.42 Å². The van der Waals surface area contributed by atoms with E-state index in [9.17, 15) is 13.2 Å². The van der Waals surface area contributed by atoms with E-state index in [4.69, 9.17) is 10.7 Å². The lowest BCUT2D eigenvalue weighted by Crippen LogP contribution is -2.23. The number of hydrogen-bond donors (Lipinski definition) is 0. The van der Waals surface area contributed by atoms with Crippen LogP contribution >= 0.6 is 10.7 Å². The predicted octanol–water partition coefficient (Wildman–Crippen LogP) is 1.07. The average molecular weight is 197 g/mol. The van der Waals surface area contributed by atoms with Gasteiger partial charge in [-0.05, 0) is 12.8 Å². The lowest BCUT2D eigenvalue weighted by molar-refractivity contribution is -0.120. The number of rotatable bonds is 1. The van der Waals surface area contributed by atoms with Crippen molar-refractivity contribution < 1.29 is 13.2 Å². The Morgan fingerprint density at radius 3 is 2.09 bits per heavy atom. The van der Waals surface area contributed by atoms with Crippen molar-refractivity contribution in [2.45, 2.75) is 30.9 Å². The van der Waals surface area contributed by atoms with Crippen molar-refractivity contribution in [2.24, 2.45) is 0 Å². The van der Waals surface area contributed by atoms with Crippen LogP contribution in [-0.4, -0.2) is 19.5 Å². The fourth-order valence-electron chi connectivity index (χ4n) is 1.19. The highest BCUT2D eigenvalue weighted by atomic mass is 35.7. The van der Waals surface area contributed by atoms with Crippen LogP contribution in [0.1, 0.15) is 25.7 Å². The van der Waals surface area contributed by atoms with Gasteiger partial charge in [0.25, 0.3) is 0 Å². The molecule has 11 heavy (non-hydrogen) atoms. The molecular formula is C6H9ClO3S. The Bertz CT molecular complexity index is 247. The minimum Gasteiger partial charge on any atom is -0.300 e. The van der Waals surface area contributed by atoms with Crippen LogP contribution in [0.25, 0.3) is 0 Å². The molecule has 1 aliphatic carbocycles. The van der Waals surface area contributed by atoms with Gasteiger partial charge in [-0.3, -0.25) is 4.79 Å². The number of hydrogen-bond acceptors (Lipinski definition) is 3. The van der Waals surface area contributed by atoms with Gasteiger partial charge in [0.15, 0.2) is 0 Å². The van der Waals surface area contributed by atoms with Gasteiger partial charge >= 0.3 is 0 Å². The molecule has 0 radical (unpaired) electrons. The van der Waals surface area contributed by atoms with E-state index >= 15 is 0 Å². The van der Waals surface area contributed by atoms with Gasteiger partial charge in [0, 0.05) is 23.5 Å². The molecule has 0 aromatic carbocycles. The largest absolute Gasteiger partial charge is 0.300 e. The summed E-state index contributed by atoms with van der Waals surface area (Å²) in [5, 5.41) is -0.498. The van der Waals surface area contributed by atoms with Gasteiger partial charge < -0.3 is 0 Å². The van der Waals surface area contributed by atoms with Crippen LogP contribution in [0.3, 0.4) is 0 Å². The third-order valence-corrected chi connectivity index (χ3v) is 3.91. The molecule has 1 saturated carbocycles. The van der Waals surface area contributed by atoms with E-state index in [-0.39, 0.29) is 5.78 Å². The third-order valence-electron chi connectivity index (χ3n) is 1.89. The highest BCUT2D eigenvalue weighted by molar-refractivity contribution is 8.14. The molecule has 0 aromatic rings. The van der Waals surface area contributed by atoms with E-state index in [2.05, 4.69) is 0 Å². The molecule has 64 valence electrons. The molecular weight excluding hydrogens is 188 g/mol. The van der Waals surface area contributed by atoms with Crippen molar-refractivity contribution in [3.8, 4) is 0 Å². The molecule has 0 bridgehead atoms. The molecule has 0 unspecified atom stereocenters. The maximum atomic E-state index is 10.7. The van der Waals surface area contributed by atoms with Crippen LogP contribution in [0.4, 0.5) is 0 Å². The van der Waals surface area contributed by atoms with E-state index in [1.807, 2.05) is 0 Å². The first kappa shape index (κ1) is 9.00. The molecule has 0 N–H and O–H groups in total. The van der Waals surface area contributed by atoms with E-state index in [1.54, 1.807) is 0 Å². The molecule has 0 saturated heterocycles. The van der Waals surface area contributed by atoms with E-state index in [1.165, 1.54) is 0 Å². The third kappa shape index (κ3) is 2.45. The minimum absolute atomic E-state index is 0.140. The zero-order valence-corrected chi connectivity index (χ0v) is 7.49. The van der Waals surface area contributed by atoms with Crippen molar-refractivity contribution in [3.05, 3.63) is 0 Å². The maximum Gasteiger partial charge on any atom is 0.235 e. The first-order chi connectivity index (χ1) is 5.00. The van der Waals surface area contributed by atoms with Gasteiger partial charge in [-0.2, -0.15) is 0 Å². The molecule has 3 nitrogen and oxygen atoms in total. The van der Waals surface area contributed by atoms with Gasteiger partial charge in [0.05, 0.1) is 5.25 Å². The summed E-state index contributed by atoms with van der Waals surface area (Å²) in [6.07, 6.45) is 1.50. The Morgan fingerprint density at radius 1 is 1.27 bits per heavy atom. The molecule has 0 spiro atoms. The van der Waals surface area contributed by atoms with Crippen molar-refractivity contribution in [2.75, 3.05) is 0 Å². The first-order valence-corrected chi connectivity index (χ1v) is 5.82. The second-order valence-electron chi connectivity index (χ2n) is 2.71. The summed E-state index contributed by atoms with van der Waals surface area (Å²) < 4.78 is 21.5. The maximum absolute atomic E-state index is 10.7. The number of ketones is 1. The number of Topliss-reactive ketones (excluding diaryl/α,β-unsaturated/α-hetero) is 1. The van der Waals surface area contributed by atoms with Crippen molar-refractivity contribution >= 4 is 25.5 Å². The molecule has 1 rings (SSSR count). The second-order valence-corrected chi connectivity index (χ2v) is 5.62. The highest BCUT2D eigenvalue weighted by Crippen LogP contribution is 2.23. The Balaban J connectivity index is 2.60. The normalized spacial score (nSPS) is 22.1. The fourth-order valence-corrected chi connectivity index (χ4v) is 2.53. The monoisotopic (exact) mass is 196 g/mol. The van der Waals surface area contributed by atoms with Gasteiger partial charge in [-0.1, -0.05) is 0 Å². The molecule has 0 atom stereocenters. The number of carbonyl (C=O) groups excluding carboxylic acids is 1. The topological polar surface area (TPSA) is 51.2 Å². The summed E-state index contributed by atoms with van der Waals surface area (Å²) in [4.78, 5) is 10.7. The lowest BCUT2D eigenvalue weighted by Gasteiger charge is -2.16. The smallest absolute Gasteiger partial charge is 0.235 e. The quantitative estimate of drug-likeness (QED) is 0.590. The summed E-state index contributed by atoms with van der Waals surface area (Å²) >= 11 is 0. The fraction of sp³-hybridized carbons (Fsp3) is 0.833. The molecule has 5 heteroatoms. The Labute approximate surface area is 70.2 Å². The highest BCUT2D eigenvalue weighted by Gasteiger charge is 2.27. The van der Waals surface area contributed by atoms with Crippen molar-refractivity contribution in [1.82, 2.24) is 0 Å². The average Bonchev–Trinajstić information content (AvgIpc) is 1.86. The van der Waals surface area contributed by atoms with Crippen molar-refractivity contribution in [1.29, 1.82) is 0 Å². The molecule has 0 amide bonds. The first-order valence-electron chi connectivity index (χ1n) is 3.45. The van der Waals surface area contributed by atoms with Crippen molar-refractivity contribution in [3.63, 3.8) is 0 Å². The Kier molecular flexibility index (Phi) is 2.54.